The van der Waals surface area contributed by atoms with E-state index in [9.17, 15) is 14.4 Å². The number of benzene rings is 1. The molecule has 1 aromatic carbocycles. The molecule has 1 aromatic rings. The summed E-state index contributed by atoms with van der Waals surface area (Å²) in [5.74, 6) is 1.01. The van der Waals surface area contributed by atoms with E-state index in [4.69, 9.17) is 0 Å². The van der Waals surface area contributed by atoms with Crippen LogP contribution in [0.15, 0.2) is 18.2 Å². The first-order valence-corrected chi connectivity index (χ1v) is 10.8. The zero-order valence-electron chi connectivity index (χ0n) is 16.7. The van der Waals surface area contributed by atoms with E-state index in [1.165, 1.54) is 25.9 Å². The van der Waals surface area contributed by atoms with Gasteiger partial charge in [0.05, 0.1) is 0 Å². The first-order chi connectivity index (χ1) is 14.1. The van der Waals surface area contributed by atoms with Crippen molar-refractivity contribution >= 4 is 17.7 Å². The molecule has 3 fully saturated rings. The van der Waals surface area contributed by atoms with Gasteiger partial charge in [-0.25, -0.2) is 0 Å². The van der Waals surface area contributed by atoms with Crippen LogP contribution >= 0.6 is 0 Å². The number of nitrogens with zero attached hydrogens (tertiary/aromatic N) is 2. The summed E-state index contributed by atoms with van der Waals surface area (Å²) in [7, 11) is 0. The van der Waals surface area contributed by atoms with Crippen LogP contribution in [0.1, 0.15) is 47.2 Å². The number of nitrogens with one attached hydrogen (secondary N) is 2. The van der Waals surface area contributed by atoms with Crippen LogP contribution in [-0.4, -0.2) is 59.7 Å². The van der Waals surface area contributed by atoms with Crippen LogP contribution in [0, 0.1) is 11.8 Å². The fourth-order valence-corrected chi connectivity index (χ4v) is 5.29. The molecule has 4 heterocycles. The summed E-state index contributed by atoms with van der Waals surface area (Å²) >= 11 is 0. The minimum atomic E-state index is -0.549. The summed E-state index contributed by atoms with van der Waals surface area (Å²) in [6, 6.07) is 5.50. The molecule has 1 atom stereocenters. The van der Waals surface area contributed by atoms with Gasteiger partial charge in [-0.05, 0) is 68.4 Å². The summed E-state index contributed by atoms with van der Waals surface area (Å²) in [5, 5.41) is 5.75. The molecule has 7 nitrogen and oxygen atoms in total. The summed E-state index contributed by atoms with van der Waals surface area (Å²) in [4.78, 5) is 41.0. The minimum Gasteiger partial charge on any atom is -0.322 e. The molecule has 7 heteroatoms. The Labute approximate surface area is 170 Å². The second-order valence-electron chi connectivity index (χ2n) is 8.88. The summed E-state index contributed by atoms with van der Waals surface area (Å²) in [6.45, 7) is 5.73. The smallest absolute Gasteiger partial charge is 0.255 e. The van der Waals surface area contributed by atoms with Crippen LogP contribution < -0.4 is 10.6 Å². The molecule has 0 aromatic heterocycles. The van der Waals surface area contributed by atoms with Crippen molar-refractivity contribution in [1.29, 1.82) is 0 Å². The molecule has 1 unspecified atom stereocenters. The highest BCUT2D eigenvalue weighted by molar-refractivity contribution is 6.05. The fraction of sp³-hybridized carbons (Fsp3) is 0.591. The largest absolute Gasteiger partial charge is 0.322 e. The first kappa shape index (κ1) is 18.8. The fourth-order valence-electron chi connectivity index (χ4n) is 5.29. The van der Waals surface area contributed by atoms with Crippen molar-refractivity contribution in [3.63, 3.8) is 0 Å². The van der Waals surface area contributed by atoms with Crippen LogP contribution in [-0.2, 0) is 22.7 Å². The molecule has 3 saturated heterocycles. The second kappa shape index (κ2) is 7.54. The van der Waals surface area contributed by atoms with Gasteiger partial charge in [-0.1, -0.05) is 18.2 Å². The van der Waals surface area contributed by atoms with Crippen molar-refractivity contribution in [3.8, 4) is 0 Å². The molecule has 3 amide bonds. The van der Waals surface area contributed by atoms with Gasteiger partial charge >= 0.3 is 0 Å². The van der Waals surface area contributed by atoms with E-state index in [0.29, 0.717) is 13.0 Å². The topological polar surface area (TPSA) is 81.8 Å². The average Bonchev–Trinajstić information content (AvgIpc) is 2.99. The van der Waals surface area contributed by atoms with E-state index < -0.39 is 6.04 Å². The molecule has 0 radical (unpaired) electrons. The molecule has 154 valence electrons. The molecule has 2 N–H and O–H groups in total. The van der Waals surface area contributed by atoms with E-state index in [-0.39, 0.29) is 24.1 Å². The van der Waals surface area contributed by atoms with Gasteiger partial charge in [0.1, 0.15) is 6.04 Å². The van der Waals surface area contributed by atoms with Gasteiger partial charge in [0.25, 0.3) is 5.91 Å². The van der Waals surface area contributed by atoms with Crippen LogP contribution in [0.4, 0.5) is 0 Å². The van der Waals surface area contributed by atoms with Gasteiger partial charge in [-0.3, -0.25) is 24.6 Å². The first-order valence-electron chi connectivity index (χ1n) is 10.8. The Balaban J connectivity index is 1.28. The van der Waals surface area contributed by atoms with Crippen molar-refractivity contribution in [2.75, 3.05) is 26.2 Å². The van der Waals surface area contributed by atoms with E-state index in [0.717, 1.165) is 48.2 Å². The molecule has 29 heavy (non-hydrogen) atoms. The lowest BCUT2D eigenvalue weighted by molar-refractivity contribution is -0.136. The van der Waals surface area contributed by atoms with E-state index in [2.05, 4.69) is 15.5 Å². The number of piperidine rings is 2. The Bertz CT molecular complexity index is 842. The highest BCUT2D eigenvalue weighted by atomic mass is 16.2. The van der Waals surface area contributed by atoms with Gasteiger partial charge in [0, 0.05) is 25.1 Å². The van der Waals surface area contributed by atoms with Gasteiger partial charge in [0.2, 0.25) is 11.8 Å². The maximum Gasteiger partial charge on any atom is 0.255 e. The lowest BCUT2D eigenvalue weighted by Crippen LogP contribution is -2.52. The Hall–Kier alpha value is -2.25. The van der Waals surface area contributed by atoms with E-state index in [1.54, 1.807) is 4.90 Å². The maximum absolute atomic E-state index is 13.2. The normalized spacial score (nSPS) is 26.4. The zero-order chi connectivity index (χ0) is 20.0. The number of hydrogen-bond acceptors (Lipinski definition) is 5. The molecule has 4 aliphatic rings. The van der Waals surface area contributed by atoms with Gasteiger partial charge in [-0.2, -0.15) is 0 Å². The second-order valence-corrected chi connectivity index (χ2v) is 8.88. The highest BCUT2D eigenvalue weighted by Gasteiger charge is 2.40. The number of carbonyl (C=O) groups excluding carboxylic acids is 3. The summed E-state index contributed by atoms with van der Waals surface area (Å²) in [5.41, 5.74) is 2.82. The number of likely N-dealkylation sites (tertiary alicyclic amines) is 1. The Kier molecular flexibility index (Phi) is 4.87. The third-order valence-electron chi connectivity index (χ3n) is 7.14. The van der Waals surface area contributed by atoms with Gasteiger partial charge < -0.3 is 10.2 Å². The van der Waals surface area contributed by atoms with Crippen LogP contribution in [0.3, 0.4) is 0 Å². The number of fused-ring (bicyclic) bond motifs is 1. The van der Waals surface area contributed by atoms with Crippen LogP contribution in [0.25, 0.3) is 0 Å². The van der Waals surface area contributed by atoms with Crippen molar-refractivity contribution in [2.45, 2.75) is 44.8 Å². The third kappa shape index (κ3) is 3.46. The van der Waals surface area contributed by atoms with Crippen molar-refractivity contribution < 1.29 is 14.4 Å². The Morgan fingerprint density at radius 3 is 2.48 bits per heavy atom. The van der Waals surface area contributed by atoms with Gasteiger partial charge in [-0.15, -0.1) is 0 Å². The molecular weight excluding hydrogens is 368 g/mol. The lowest BCUT2D eigenvalue weighted by atomic mass is 9.81. The number of hydrogen-bond donors (Lipinski definition) is 2. The average molecular weight is 396 g/mol. The third-order valence-corrected chi connectivity index (χ3v) is 7.14. The molecule has 0 spiro atoms. The highest BCUT2D eigenvalue weighted by Crippen LogP contribution is 2.32. The molecule has 0 bridgehead atoms. The number of amides is 3. The molecule has 4 aliphatic heterocycles. The number of carbonyl (C=O) groups is 3. The minimum absolute atomic E-state index is 0.0690. The maximum atomic E-state index is 13.2. The standard InChI is InChI=1S/C22H28N4O3/c27-19-5-4-18(21(28)24-19)26-13-16-3-1-2-15(20(16)22(26)29)12-25-8-6-14(7-9-25)17-10-23-11-17/h1-3,14,17-18,23H,4-13H2,(H,24,27,28). The predicted molar refractivity (Wildman–Crippen MR) is 107 cm³/mol. The summed E-state index contributed by atoms with van der Waals surface area (Å²) < 4.78 is 0. The SMILES string of the molecule is O=C1CCC(N2Cc3cccc(CN4CCC(C5CNC5)CC4)c3C2=O)C(=O)N1. The zero-order valence-corrected chi connectivity index (χ0v) is 16.7. The van der Waals surface area contributed by atoms with Crippen LogP contribution in [0.2, 0.25) is 0 Å². The quantitative estimate of drug-likeness (QED) is 0.739. The van der Waals surface area contributed by atoms with Crippen LogP contribution in [0.5, 0.6) is 0 Å². The Morgan fingerprint density at radius 2 is 1.79 bits per heavy atom. The van der Waals surface area contributed by atoms with E-state index >= 15 is 0 Å². The van der Waals surface area contributed by atoms with Crippen molar-refractivity contribution in [1.82, 2.24) is 20.4 Å². The van der Waals surface area contributed by atoms with E-state index in [1.807, 2.05) is 18.2 Å². The predicted octanol–water partition coefficient (Wildman–Crippen LogP) is 0.879. The van der Waals surface area contributed by atoms with Crippen molar-refractivity contribution in [3.05, 3.63) is 34.9 Å². The molecule has 5 rings (SSSR count). The number of imide groups is 1. The van der Waals surface area contributed by atoms with Gasteiger partial charge in [0.15, 0.2) is 0 Å². The van der Waals surface area contributed by atoms with Crippen molar-refractivity contribution in [2.24, 2.45) is 11.8 Å². The monoisotopic (exact) mass is 396 g/mol. The molecular formula is C22H28N4O3. The lowest BCUT2D eigenvalue weighted by Gasteiger charge is -2.40. The summed E-state index contributed by atoms with van der Waals surface area (Å²) in [6.07, 6.45) is 3.16. The Morgan fingerprint density at radius 1 is 1.00 bits per heavy atom. The molecule has 0 saturated carbocycles. The number of rotatable bonds is 4. The molecule has 0 aliphatic carbocycles.